The second-order valence-electron chi connectivity index (χ2n) is 5.43. The number of aromatic hydroxyl groups is 1. The molecule has 0 saturated carbocycles. The fourth-order valence-electron chi connectivity index (χ4n) is 2.94. The normalized spacial score (nSPS) is 17.0. The number of benzene rings is 2. The maximum Gasteiger partial charge on any atom is 0.126 e. The molecule has 0 aromatic heterocycles. The van der Waals surface area contributed by atoms with E-state index in [0.717, 1.165) is 35.1 Å². The molecule has 0 amide bonds. The van der Waals surface area contributed by atoms with Crippen molar-refractivity contribution in [2.24, 2.45) is 0 Å². The fourth-order valence-corrected chi connectivity index (χ4v) is 2.94. The lowest BCUT2D eigenvalue weighted by Gasteiger charge is -2.12. The van der Waals surface area contributed by atoms with Crippen LogP contribution in [0.4, 0.5) is 0 Å². The first-order valence-corrected chi connectivity index (χ1v) is 7.01. The predicted molar refractivity (Wildman–Crippen MR) is 78.7 cm³/mol. The lowest BCUT2D eigenvalue weighted by Crippen LogP contribution is -1.94. The Labute approximate surface area is 122 Å². The monoisotopic (exact) mass is 286 g/mol. The van der Waals surface area contributed by atoms with Gasteiger partial charge in [0.15, 0.2) is 0 Å². The molecule has 3 rings (SSSR count). The zero-order valence-corrected chi connectivity index (χ0v) is 11.6. The summed E-state index contributed by atoms with van der Waals surface area (Å²) in [5, 5.41) is 38.4. The Hall–Kier alpha value is -1.88. The van der Waals surface area contributed by atoms with E-state index in [4.69, 9.17) is 0 Å². The minimum atomic E-state index is -0.380. The van der Waals surface area contributed by atoms with Crippen LogP contribution in [-0.4, -0.2) is 20.4 Å². The summed E-state index contributed by atoms with van der Waals surface area (Å²) in [5.41, 5.74) is 4.69. The van der Waals surface area contributed by atoms with Gasteiger partial charge in [0.05, 0.1) is 19.3 Å². The van der Waals surface area contributed by atoms with Crippen LogP contribution in [-0.2, 0) is 19.6 Å². The zero-order valence-electron chi connectivity index (χ0n) is 11.6. The lowest BCUT2D eigenvalue weighted by molar-refractivity contribution is 0.180. The summed E-state index contributed by atoms with van der Waals surface area (Å²) in [5.74, 6) is -0.0552. The predicted octanol–water partition coefficient (Wildman–Crippen LogP) is 2.02. The molecule has 2 aromatic carbocycles. The van der Waals surface area contributed by atoms with Crippen LogP contribution in [0.2, 0.25) is 0 Å². The molecular formula is C17H18O4. The standard InChI is InChI=1S/C17H18O4/c18-8-13-6-12(7-14(9-19)17(13)21)10-1-3-15-11(5-10)2-4-16(15)20/h1,3,5-7,16,18-21H,2,4,8-9H2. The third kappa shape index (κ3) is 2.42. The number of aliphatic hydroxyl groups excluding tert-OH is 3. The van der Waals surface area contributed by atoms with Crippen LogP contribution in [0.5, 0.6) is 5.75 Å². The molecule has 1 aliphatic rings. The molecule has 4 nitrogen and oxygen atoms in total. The van der Waals surface area contributed by atoms with Crippen molar-refractivity contribution in [1.29, 1.82) is 0 Å². The summed E-state index contributed by atoms with van der Waals surface area (Å²) in [6.07, 6.45) is 1.22. The molecule has 1 unspecified atom stereocenters. The molecule has 4 heteroatoms. The van der Waals surface area contributed by atoms with Gasteiger partial charge in [0.25, 0.3) is 0 Å². The van der Waals surface area contributed by atoms with E-state index in [-0.39, 0.29) is 25.1 Å². The van der Waals surface area contributed by atoms with Gasteiger partial charge in [-0.3, -0.25) is 0 Å². The number of phenols is 1. The van der Waals surface area contributed by atoms with Crippen LogP contribution in [0, 0.1) is 0 Å². The van der Waals surface area contributed by atoms with Crippen LogP contribution >= 0.6 is 0 Å². The molecule has 0 radical (unpaired) electrons. The Balaban J connectivity index is 2.08. The Morgan fingerprint density at radius 2 is 1.62 bits per heavy atom. The van der Waals surface area contributed by atoms with E-state index in [1.807, 2.05) is 18.2 Å². The van der Waals surface area contributed by atoms with Gasteiger partial charge in [-0.15, -0.1) is 0 Å². The van der Waals surface area contributed by atoms with Gasteiger partial charge in [0.2, 0.25) is 0 Å². The first-order valence-electron chi connectivity index (χ1n) is 7.01. The first kappa shape index (κ1) is 14.1. The van der Waals surface area contributed by atoms with Crippen LogP contribution in [0.15, 0.2) is 30.3 Å². The highest BCUT2D eigenvalue weighted by atomic mass is 16.3. The summed E-state index contributed by atoms with van der Waals surface area (Å²) in [7, 11) is 0. The van der Waals surface area contributed by atoms with Crippen molar-refractivity contribution in [2.45, 2.75) is 32.2 Å². The molecule has 2 aromatic rings. The number of hydrogen-bond acceptors (Lipinski definition) is 4. The topological polar surface area (TPSA) is 80.9 Å². The number of rotatable bonds is 3. The van der Waals surface area contributed by atoms with Crippen LogP contribution < -0.4 is 0 Å². The Morgan fingerprint density at radius 3 is 2.24 bits per heavy atom. The molecule has 1 aliphatic carbocycles. The van der Waals surface area contributed by atoms with Gasteiger partial charge < -0.3 is 20.4 Å². The third-order valence-electron chi connectivity index (χ3n) is 4.13. The first-order chi connectivity index (χ1) is 10.1. The van der Waals surface area contributed by atoms with Crippen molar-refractivity contribution in [3.63, 3.8) is 0 Å². The summed E-state index contributed by atoms with van der Waals surface area (Å²) in [6.45, 7) is -0.563. The molecule has 0 spiro atoms. The Morgan fingerprint density at radius 1 is 0.952 bits per heavy atom. The van der Waals surface area contributed by atoms with Gasteiger partial charge in [-0.25, -0.2) is 0 Å². The average molecular weight is 286 g/mol. The molecule has 110 valence electrons. The van der Waals surface area contributed by atoms with Gasteiger partial charge >= 0.3 is 0 Å². The maximum atomic E-state index is 9.90. The van der Waals surface area contributed by atoms with E-state index in [9.17, 15) is 20.4 Å². The molecular weight excluding hydrogens is 268 g/mol. The second-order valence-corrected chi connectivity index (χ2v) is 5.43. The molecule has 0 fully saturated rings. The highest BCUT2D eigenvalue weighted by Crippen LogP contribution is 2.36. The smallest absolute Gasteiger partial charge is 0.126 e. The largest absolute Gasteiger partial charge is 0.507 e. The summed E-state index contributed by atoms with van der Waals surface area (Å²) in [6, 6.07) is 9.32. The molecule has 1 atom stereocenters. The number of aliphatic hydroxyl groups is 3. The molecule has 0 bridgehead atoms. The lowest BCUT2D eigenvalue weighted by atomic mass is 9.96. The van der Waals surface area contributed by atoms with Crippen LogP contribution in [0.25, 0.3) is 11.1 Å². The van der Waals surface area contributed by atoms with E-state index < -0.39 is 0 Å². The van der Waals surface area contributed by atoms with Crippen molar-refractivity contribution in [3.8, 4) is 16.9 Å². The van der Waals surface area contributed by atoms with E-state index in [1.165, 1.54) is 0 Å². The minimum absolute atomic E-state index is 0.0552. The number of fused-ring (bicyclic) bond motifs is 1. The Kier molecular flexibility index (Phi) is 3.68. The molecule has 0 heterocycles. The van der Waals surface area contributed by atoms with Gasteiger partial charge in [0, 0.05) is 11.1 Å². The average Bonchev–Trinajstić information content (AvgIpc) is 2.88. The number of aryl methyl sites for hydroxylation is 1. The maximum absolute atomic E-state index is 9.90. The van der Waals surface area contributed by atoms with Gasteiger partial charge in [-0.1, -0.05) is 18.2 Å². The van der Waals surface area contributed by atoms with E-state index in [2.05, 4.69) is 0 Å². The quantitative estimate of drug-likeness (QED) is 0.696. The molecule has 0 aliphatic heterocycles. The van der Waals surface area contributed by atoms with Gasteiger partial charge in [-0.2, -0.15) is 0 Å². The Bertz CT molecular complexity index is 653. The molecule has 4 N–H and O–H groups in total. The van der Waals surface area contributed by atoms with Crippen molar-refractivity contribution < 1.29 is 20.4 Å². The van der Waals surface area contributed by atoms with Gasteiger partial charge in [0.1, 0.15) is 5.75 Å². The van der Waals surface area contributed by atoms with Crippen molar-refractivity contribution in [1.82, 2.24) is 0 Å². The van der Waals surface area contributed by atoms with E-state index in [0.29, 0.717) is 11.1 Å². The zero-order chi connectivity index (χ0) is 15.0. The summed E-state index contributed by atoms with van der Waals surface area (Å²) < 4.78 is 0. The molecule has 0 saturated heterocycles. The van der Waals surface area contributed by atoms with Crippen molar-refractivity contribution in [3.05, 3.63) is 52.6 Å². The number of hydrogen-bond donors (Lipinski definition) is 4. The summed E-state index contributed by atoms with van der Waals surface area (Å²) in [4.78, 5) is 0. The van der Waals surface area contributed by atoms with Crippen LogP contribution in [0.1, 0.15) is 34.8 Å². The van der Waals surface area contributed by atoms with Gasteiger partial charge in [-0.05, 0) is 47.2 Å². The highest BCUT2D eigenvalue weighted by Gasteiger charge is 2.20. The SMILES string of the molecule is OCc1cc(-c2ccc3c(c2)CCC3O)cc(CO)c1O. The second kappa shape index (κ2) is 5.48. The third-order valence-corrected chi connectivity index (χ3v) is 4.13. The van der Waals surface area contributed by atoms with Crippen molar-refractivity contribution in [2.75, 3.05) is 0 Å². The van der Waals surface area contributed by atoms with E-state index >= 15 is 0 Å². The molecule has 21 heavy (non-hydrogen) atoms. The van der Waals surface area contributed by atoms with Crippen molar-refractivity contribution >= 4 is 0 Å². The van der Waals surface area contributed by atoms with Crippen LogP contribution in [0.3, 0.4) is 0 Å². The fraction of sp³-hybridized carbons (Fsp3) is 0.294. The van der Waals surface area contributed by atoms with E-state index in [1.54, 1.807) is 12.1 Å². The minimum Gasteiger partial charge on any atom is -0.507 e. The highest BCUT2D eigenvalue weighted by molar-refractivity contribution is 5.69. The summed E-state index contributed by atoms with van der Waals surface area (Å²) >= 11 is 0.